The molecule has 0 aliphatic carbocycles. The standard InChI is InChI=1S/C26H53NO/c1-4-7-10-13-14-15-16-17-18-19-20-23-26(28)27(24-21-11-8-5-2)25-22-12-9-6-3/h4-25H2,1-3H3. The minimum atomic E-state index is 0.420. The molecule has 0 aromatic carbocycles. The normalized spacial score (nSPS) is 11.1. The summed E-state index contributed by atoms with van der Waals surface area (Å²) in [7, 11) is 0. The molecule has 0 heterocycles. The lowest BCUT2D eigenvalue weighted by Gasteiger charge is -2.23. The Kier molecular flexibility index (Phi) is 22.3. The van der Waals surface area contributed by atoms with Crippen LogP contribution in [0.15, 0.2) is 0 Å². The Balaban J connectivity index is 3.77. The van der Waals surface area contributed by atoms with Crippen LogP contribution in [0.2, 0.25) is 0 Å². The average Bonchev–Trinajstić information content (AvgIpc) is 2.70. The van der Waals surface area contributed by atoms with Gasteiger partial charge in [-0.15, -0.1) is 0 Å². The van der Waals surface area contributed by atoms with Crippen LogP contribution in [-0.2, 0) is 4.79 Å². The van der Waals surface area contributed by atoms with Crippen molar-refractivity contribution in [2.45, 2.75) is 149 Å². The van der Waals surface area contributed by atoms with Crippen LogP contribution in [0.5, 0.6) is 0 Å². The molecule has 0 radical (unpaired) electrons. The fraction of sp³-hybridized carbons (Fsp3) is 0.962. The number of rotatable bonds is 22. The first-order valence-corrected chi connectivity index (χ1v) is 13.0. The molecular formula is C26H53NO. The molecule has 2 heteroatoms. The molecule has 0 aliphatic heterocycles. The van der Waals surface area contributed by atoms with E-state index in [4.69, 9.17) is 0 Å². The molecule has 0 aromatic heterocycles. The first kappa shape index (κ1) is 27.5. The van der Waals surface area contributed by atoms with Crippen LogP contribution in [0.1, 0.15) is 149 Å². The summed E-state index contributed by atoms with van der Waals surface area (Å²) in [6.45, 7) is 8.76. The third-order valence-corrected chi connectivity index (χ3v) is 5.91. The van der Waals surface area contributed by atoms with Gasteiger partial charge < -0.3 is 4.90 Å². The van der Waals surface area contributed by atoms with E-state index in [1.807, 2.05) is 0 Å². The van der Waals surface area contributed by atoms with Crippen LogP contribution >= 0.6 is 0 Å². The molecule has 0 bridgehead atoms. The Hall–Kier alpha value is -0.530. The predicted molar refractivity (Wildman–Crippen MR) is 126 cm³/mol. The fourth-order valence-corrected chi connectivity index (χ4v) is 3.92. The molecule has 1 amide bonds. The molecule has 0 aliphatic rings. The lowest BCUT2D eigenvalue weighted by Crippen LogP contribution is -2.32. The second-order valence-electron chi connectivity index (χ2n) is 8.79. The highest BCUT2D eigenvalue weighted by Gasteiger charge is 2.12. The number of hydrogen-bond acceptors (Lipinski definition) is 1. The largest absolute Gasteiger partial charge is 0.343 e. The molecule has 0 atom stereocenters. The summed E-state index contributed by atoms with van der Waals surface area (Å²) in [5, 5.41) is 0. The zero-order valence-corrected chi connectivity index (χ0v) is 19.9. The van der Waals surface area contributed by atoms with Gasteiger partial charge in [-0.1, -0.05) is 124 Å². The Morgan fingerprint density at radius 2 is 0.786 bits per heavy atom. The number of carbonyl (C=O) groups excluding carboxylic acids is 1. The SMILES string of the molecule is CCCCCCCCCCCCCC(=O)N(CCCCCC)CCCCCC. The molecule has 2 nitrogen and oxygen atoms in total. The van der Waals surface area contributed by atoms with E-state index in [9.17, 15) is 4.79 Å². The average molecular weight is 396 g/mol. The predicted octanol–water partition coefficient (Wildman–Crippen LogP) is 8.68. The zero-order chi connectivity index (χ0) is 20.7. The summed E-state index contributed by atoms with van der Waals surface area (Å²) >= 11 is 0. The number of amides is 1. The molecular weight excluding hydrogens is 342 g/mol. The van der Waals surface area contributed by atoms with E-state index in [0.717, 1.165) is 25.9 Å². The number of hydrogen-bond donors (Lipinski definition) is 0. The van der Waals surface area contributed by atoms with E-state index in [2.05, 4.69) is 25.7 Å². The molecule has 0 N–H and O–H groups in total. The van der Waals surface area contributed by atoms with Crippen molar-refractivity contribution in [2.24, 2.45) is 0 Å². The van der Waals surface area contributed by atoms with Gasteiger partial charge in [-0.05, 0) is 19.3 Å². The highest BCUT2D eigenvalue weighted by atomic mass is 16.2. The van der Waals surface area contributed by atoms with Gasteiger partial charge in [-0.2, -0.15) is 0 Å². The van der Waals surface area contributed by atoms with Crippen molar-refractivity contribution < 1.29 is 4.79 Å². The van der Waals surface area contributed by atoms with Gasteiger partial charge in [-0.3, -0.25) is 4.79 Å². The summed E-state index contributed by atoms with van der Waals surface area (Å²) in [6, 6.07) is 0. The maximum absolute atomic E-state index is 12.7. The Morgan fingerprint density at radius 3 is 1.18 bits per heavy atom. The van der Waals surface area contributed by atoms with Crippen LogP contribution in [-0.4, -0.2) is 23.9 Å². The van der Waals surface area contributed by atoms with Crippen LogP contribution in [0, 0.1) is 0 Å². The lowest BCUT2D eigenvalue weighted by molar-refractivity contribution is -0.131. The van der Waals surface area contributed by atoms with Crippen molar-refractivity contribution in [3.05, 3.63) is 0 Å². The van der Waals surface area contributed by atoms with E-state index >= 15 is 0 Å². The summed E-state index contributed by atoms with van der Waals surface area (Å²) in [5.41, 5.74) is 0. The van der Waals surface area contributed by atoms with Crippen LogP contribution in [0.3, 0.4) is 0 Å². The van der Waals surface area contributed by atoms with Gasteiger partial charge in [0.2, 0.25) is 5.91 Å². The van der Waals surface area contributed by atoms with E-state index in [1.54, 1.807) is 0 Å². The molecule has 168 valence electrons. The second-order valence-corrected chi connectivity index (χ2v) is 8.79. The van der Waals surface area contributed by atoms with Crippen LogP contribution < -0.4 is 0 Å². The Morgan fingerprint density at radius 1 is 0.464 bits per heavy atom. The van der Waals surface area contributed by atoms with Crippen molar-refractivity contribution >= 4 is 5.91 Å². The molecule has 0 aromatic rings. The highest BCUT2D eigenvalue weighted by molar-refractivity contribution is 5.76. The summed E-state index contributed by atoms with van der Waals surface area (Å²) in [4.78, 5) is 14.8. The van der Waals surface area contributed by atoms with Gasteiger partial charge in [0, 0.05) is 19.5 Å². The third-order valence-electron chi connectivity index (χ3n) is 5.91. The molecule has 28 heavy (non-hydrogen) atoms. The quantitative estimate of drug-likeness (QED) is 0.168. The van der Waals surface area contributed by atoms with Crippen molar-refractivity contribution in [1.82, 2.24) is 4.90 Å². The van der Waals surface area contributed by atoms with Gasteiger partial charge in [0.05, 0.1) is 0 Å². The Labute approximate surface area is 178 Å². The van der Waals surface area contributed by atoms with E-state index in [-0.39, 0.29) is 0 Å². The van der Waals surface area contributed by atoms with Gasteiger partial charge in [0.25, 0.3) is 0 Å². The van der Waals surface area contributed by atoms with Gasteiger partial charge >= 0.3 is 0 Å². The monoisotopic (exact) mass is 395 g/mol. The molecule has 0 saturated heterocycles. The first-order valence-electron chi connectivity index (χ1n) is 13.0. The minimum Gasteiger partial charge on any atom is -0.343 e. The first-order chi connectivity index (χ1) is 13.8. The van der Waals surface area contributed by atoms with Crippen molar-refractivity contribution in [1.29, 1.82) is 0 Å². The number of nitrogens with zero attached hydrogens (tertiary/aromatic N) is 1. The van der Waals surface area contributed by atoms with Crippen molar-refractivity contribution in [3.63, 3.8) is 0 Å². The Bertz CT molecular complexity index is 304. The molecule has 0 saturated carbocycles. The van der Waals surface area contributed by atoms with E-state index < -0.39 is 0 Å². The molecule has 0 fully saturated rings. The van der Waals surface area contributed by atoms with Crippen molar-refractivity contribution in [3.8, 4) is 0 Å². The zero-order valence-electron chi connectivity index (χ0n) is 19.9. The molecule has 0 rings (SSSR count). The summed E-state index contributed by atoms with van der Waals surface area (Å²) in [6.07, 6.45) is 25.6. The smallest absolute Gasteiger partial charge is 0.222 e. The minimum absolute atomic E-state index is 0.420. The molecule has 0 unspecified atom stereocenters. The van der Waals surface area contributed by atoms with Gasteiger partial charge in [0.1, 0.15) is 0 Å². The maximum atomic E-state index is 12.7. The lowest BCUT2D eigenvalue weighted by atomic mass is 10.0. The maximum Gasteiger partial charge on any atom is 0.222 e. The van der Waals surface area contributed by atoms with E-state index in [0.29, 0.717) is 5.91 Å². The van der Waals surface area contributed by atoms with E-state index in [1.165, 1.54) is 116 Å². The number of unbranched alkanes of at least 4 members (excludes halogenated alkanes) is 16. The highest BCUT2D eigenvalue weighted by Crippen LogP contribution is 2.13. The molecule has 0 spiro atoms. The summed E-state index contributed by atoms with van der Waals surface area (Å²) in [5.74, 6) is 0.420. The van der Waals surface area contributed by atoms with Crippen molar-refractivity contribution in [2.75, 3.05) is 13.1 Å². The fourth-order valence-electron chi connectivity index (χ4n) is 3.92. The van der Waals surface area contributed by atoms with Gasteiger partial charge in [-0.25, -0.2) is 0 Å². The summed E-state index contributed by atoms with van der Waals surface area (Å²) < 4.78 is 0. The van der Waals surface area contributed by atoms with Crippen LogP contribution in [0.25, 0.3) is 0 Å². The van der Waals surface area contributed by atoms with Crippen LogP contribution in [0.4, 0.5) is 0 Å². The third kappa shape index (κ3) is 18.8. The topological polar surface area (TPSA) is 20.3 Å². The van der Waals surface area contributed by atoms with Gasteiger partial charge in [0.15, 0.2) is 0 Å². The number of carbonyl (C=O) groups is 1. The second kappa shape index (κ2) is 22.8.